The minimum absolute atomic E-state index is 0.0880. The van der Waals surface area contributed by atoms with Gasteiger partial charge in [0.05, 0.1) is 18.7 Å². The van der Waals surface area contributed by atoms with E-state index in [2.05, 4.69) is 32.3 Å². The molecule has 0 unspecified atom stereocenters. The highest BCUT2D eigenvalue weighted by Gasteiger charge is 2.11. The number of rotatable bonds is 4. The van der Waals surface area contributed by atoms with Crippen molar-refractivity contribution in [3.05, 3.63) is 47.3 Å². The summed E-state index contributed by atoms with van der Waals surface area (Å²) in [7, 11) is 0. The second-order valence-corrected chi connectivity index (χ2v) is 4.08. The quantitative estimate of drug-likeness (QED) is 0.719. The zero-order valence-electron chi connectivity index (χ0n) is 11.1. The maximum Gasteiger partial charge on any atom is 0.252 e. The lowest BCUT2D eigenvalue weighted by Crippen LogP contribution is -2.24. The Morgan fingerprint density at radius 3 is 3.05 bits per heavy atom. The summed E-state index contributed by atoms with van der Waals surface area (Å²) in [4.78, 5) is 16.0. The van der Waals surface area contributed by atoms with Crippen LogP contribution < -0.4 is 5.32 Å². The molecule has 2 rings (SSSR count). The van der Waals surface area contributed by atoms with E-state index >= 15 is 0 Å². The first-order chi connectivity index (χ1) is 10.2. The van der Waals surface area contributed by atoms with Gasteiger partial charge in [0.15, 0.2) is 0 Å². The minimum atomic E-state index is -0.477. The minimum Gasteiger partial charge on any atom is -0.395 e. The second kappa shape index (κ2) is 7.17. The Hall–Kier alpha value is -2.72. The van der Waals surface area contributed by atoms with E-state index < -0.39 is 5.82 Å². The van der Waals surface area contributed by atoms with E-state index in [-0.39, 0.29) is 36.6 Å². The molecule has 0 aliphatic rings. The van der Waals surface area contributed by atoms with Crippen LogP contribution in [0.3, 0.4) is 0 Å². The molecule has 108 valence electrons. The Kier molecular flexibility index (Phi) is 5.01. The standard InChI is InChI=1S/C14H13FN4O2/c15-11-4-5-12(10(7-11)3-1-2-6-20)14(21)16-8-13-17-9-18-19-13/h4-5,7,9,20H,2,6,8H2,(H,16,21)(H,17,18,19). The summed E-state index contributed by atoms with van der Waals surface area (Å²) in [6.45, 7) is 0.0923. The number of aromatic amines is 1. The van der Waals surface area contributed by atoms with Crippen LogP contribution in [0.1, 0.15) is 28.2 Å². The number of hydrogen-bond donors (Lipinski definition) is 3. The monoisotopic (exact) mass is 288 g/mol. The van der Waals surface area contributed by atoms with E-state index in [1.54, 1.807) is 0 Å². The highest BCUT2D eigenvalue weighted by atomic mass is 19.1. The Balaban J connectivity index is 2.14. The molecule has 1 heterocycles. The number of benzene rings is 1. The molecular weight excluding hydrogens is 275 g/mol. The molecule has 0 atom stereocenters. The van der Waals surface area contributed by atoms with Crippen LogP contribution in [0, 0.1) is 17.7 Å². The van der Waals surface area contributed by atoms with Crippen molar-refractivity contribution in [2.24, 2.45) is 0 Å². The van der Waals surface area contributed by atoms with Crippen LogP contribution >= 0.6 is 0 Å². The fraction of sp³-hybridized carbons (Fsp3) is 0.214. The molecule has 0 spiro atoms. The number of halogens is 1. The summed E-state index contributed by atoms with van der Waals surface area (Å²) in [5, 5.41) is 17.6. The first kappa shape index (κ1) is 14.7. The molecule has 1 aromatic carbocycles. The number of hydrogen-bond acceptors (Lipinski definition) is 4. The average molecular weight is 288 g/mol. The van der Waals surface area contributed by atoms with Crippen molar-refractivity contribution in [2.45, 2.75) is 13.0 Å². The van der Waals surface area contributed by atoms with Crippen LogP contribution in [0.2, 0.25) is 0 Å². The smallest absolute Gasteiger partial charge is 0.252 e. The Morgan fingerprint density at radius 2 is 2.33 bits per heavy atom. The molecule has 0 aliphatic carbocycles. The molecule has 3 N–H and O–H groups in total. The highest BCUT2D eigenvalue weighted by molar-refractivity contribution is 5.96. The third kappa shape index (κ3) is 4.12. The number of amides is 1. The van der Waals surface area contributed by atoms with Crippen molar-refractivity contribution in [2.75, 3.05) is 6.61 Å². The van der Waals surface area contributed by atoms with Crippen LogP contribution in [0.15, 0.2) is 24.5 Å². The fourth-order valence-corrected chi connectivity index (χ4v) is 1.61. The van der Waals surface area contributed by atoms with Crippen molar-refractivity contribution in [1.29, 1.82) is 0 Å². The molecule has 0 bridgehead atoms. The molecule has 0 saturated carbocycles. The summed E-state index contributed by atoms with van der Waals surface area (Å²) in [5.41, 5.74) is 0.542. The van der Waals surface area contributed by atoms with Gasteiger partial charge in [0.25, 0.3) is 5.91 Å². The molecule has 7 heteroatoms. The summed E-state index contributed by atoms with van der Waals surface area (Å²) in [5.74, 6) is 5.00. The van der Waals surface area contributed by atoms with Gasteiger partial charge in [-0.3, -0.25) is 9.89 Å². The SMILES string of the molecule is O=C(NCc1ncn[nH]1)c1ccc(F)cc1C#CCCO. The van der Waals surface area contributed by atoms with Crippen LogP contribution in [0.25, 0.3) is 0 Å². The number of nitrogens with one attached hydrogen (secondary N) is 2. The van der Waals surface area contributed by atoms with E-state index in [9.17, 15) is 9.18 Å². The summed E-state index contributed by atoms with van der Waals surface area (Å²) in [6.07, 6.45) is 1.60. The molecule has 1 amide bonds. The Morgan fingerprint density at radius 1 is 1.48 bits per heavy atom. The van der Waals surface area contributed by atoms with Crippen molar-refractivity contribution < 1.29 is 14.3 Å². The molecule has 0 radical (unpaired) electrons. The van der Waals surface area contributed by atoms with Gasteiger partial charge in [0, 0.05) is 12.0 Å². The van der Waals surface area contributed by atoms with Gasteiger partial charge in [-0.25, -0.2) is 9.37 Å². The number of H-pyrrole nitrogens is 1. The first-order valence-corrected chi connectivity index (χ1v) is 6.22. The van der Waals surface area contributed by atoms with E-state index in [0.717, 1.165) is 0 Å². The molecule has 1 aromatic heterocycles. The van der Waals surface area contributed by atoms with Gasteiger partial charge in [0.1, 0.15) is 18.0 Å². The van der Waals surface area contributed by atoms with Crippen molar-refractivity contribution >= 4 is 5.91 Å². The lowest BCUT2D eigenvalue weighted by Gasteiger charge is -2.05. The van der Waals surface area contributed by atoms with Gasteiger partial charge in [0.2, 0.25) is 0 Å². The van der Waals surface area contributed by atoms with Gasteiger partial charge < -0.3 is 10.4 Å². The van der Waals surface area contributed by atoms with Crippen LogP contribution in [-0.2, 0) is 6.54 Å². The van der Waals surface area contributed by atoms with E-state index in [4.69, 9.17) is 5.11 Å². The molecule has 6 nitrogen and oxygen atoms in total. The zero-order chi connectivity index (χ0) is 15.1. The predicted molar refractivity (Wildman–Crippen MR) is 72.5 cm³/mol. The Labute approximate surface area is 120 Å². The third-order valence-corrected chi connectivity index (χ3v) is 2.57. The van der Waals surface area contributed by atoms with Gasteiger partial charge in [-0.15, -0.1) is 0 Å². The maximum absolute atomic E-state index is 13.3. The second-order valence-electron chi connectivity index (χ2n) is 4.08. The zero-order valence-corrected chi connectivity index (χ0v) is 11.1. The third-order valence-electron chi connectivity index (χ3n) is 2.57. The largest absolute Gasteiger partial charge is 0.395 e. The lowest BCUT2D eigenvalue weighted by molar-refractivity contribution is 0.0949. The fourth-order valence-electron chi connectivity index (χ4n) is 1.61. The van der Waals surface area contributed by atoms with Gasteiger partial charge >= 0.3 is 0 Å². The maximum atomic E-state index is 13.3. The van der Waals surface area contributed by atoms with Gasteiger partial charge in [-0.2, -0.15) is 5.10 Å². The highest BCUT2D eigenvalue weighted by Crippen LogP contribution is 2.10. The molecule has 2 aromatic rings. The molecule has 0 aliphatic heterocycles. The topological polar surface area (TPSA) is 90.9 Å². The normalized spacial score (nSPS) is 9.81. The predicted octanol–water partition coefficient (Wildman–Crippen LogP) is 0.608. The number of nitrogens with zero attached hydrogens (tertiary/aromatic N) is 2. The molecular formula is C14H13FN4O2. The van der Waals surface area contributed by atoms with Gasteiger partial charge in [-0.05, 0) is 18.2 Å². The van der Waals surface area contributed by atoms with E-state index in [1.807, 2.05) is 0 Å². The average Bonchev–Trinajstić information content (AvgIpc) is 2.98. The number of aliphatic hydroxyl groups excluding tert-OH is 1. The first-order valence-electron chi connectivity index (χ1n) is 6.22. The van der Waals surface area contributed by atoms with E-state index in [0.29, 0.717) is 5.82 Å². The summed E-state index contributed by atoms with van der Waals surface area (Å²) >= 11 is 0. The number of carbonyl (C=O) groups is 1. The summed E-state index contributed by atoms with van der Waals surface area (Å²) in [6, 6.07) is 3.75. The molecule has 0 fully saturated rings. The van der Waals surface area contributed by atoms with Crippen molar-refractivity contribution in [3.8, 4) is 11.8 Å². The van der Waals surface area contributed by atoms with Gasteiger partial charge in [-0.1, -0.05) is 11.8 Å². The summed E-state index contributed by atoms with van der Waals surface area (Å²) < 4.78 is 13.3. The van der Waals surface area contributed by atoms with Crippen LogP contribution in [-0.4, -0.2) is 32.8 Å². The van der Waals surface area contributed by atoms with Crippen molar-refractivity contribution in [1.82, 2.24) is 20.5 Å². The number of carbonyl (C=O) groups excluding carboxylic acids is 1. The van der Waals surface area contributed by atoms with Crippen LogP contribution in [0.4, 0.5) is 4.39 Å². The van der Waals surface area contributed by atoms with Crippen molar-refractivity contribution in [3.63, 3.8) is 0 Å². The number of aliphatic hydroxyl groups is 1. The lowest BCUT2D eigenvalue weighted by atomic mass is 10.1. The van der Waals surface area contributed by atoms with Crippen LogP contribution in [0.5, 0.6) is 0 Å². The Bertz CT molecular complexity index is 674. The molecule has 21 heavy (non-hydrogen) atoms. The number of aromatic nitrogens is 3. The van der Waals surface area contributed by atoms with E-state index in [1.165, 1.54) is 24.5 Å². The molecule has 0 saturated heterocycles.